The number of hydrogen-bond acceptors (Lipinski definition) is 4. The summed E-state index contributed by atoms with van der Waals surface area (Å²) in [6.45, 7) is 0.265. The molecule has 0 saturated heterocycles. The van der Waals surface area contributed by atoms with Crippen LogP contribution in [-0.2, 0) is 13.6 Å². The van der Waals surface area contributed by atoms with Crippen molar-refractivity contribution in [1.29, 1.82) is 0 Å². The third-order valence-electron chi connectivity index (χ3n) is 4.69. The van der Waals surface area contributed by atoms with Crippen molar-refractivity contribution in [1.82, 2.24) is 19.7 Å². The molecule has 2 aromatic rings. The lowest BCUT2D eigenvalue weighted by Gasteiger charge is -2.24. The molecule has 2 aromatic heterocycles. The van der Waals surface area contributed by atoms with Gasteiger partial charge in [0.15, 0.2) is 5.78 Å². The van der Waals surface area contributed by atoms with Gasteiger partial charge in [-0.05, 0) is 12.0 Å². The summed E-state index contributed by atoms with van der Waals surface area (Å²) in [5.74, 6) is -0.0762. The molecule has 1 aliphatic rings. The first-order valence-electron chi connectivity index (χ1n) is 8.45. The van der Waals surface area contributed by atoms with E-state index in [-0.39, 0.29) is 17.9 Å². The van der Waals surface area contributed by atoms with Gasteiger partial charge in [0.25, 0.3) is 11.5 Å². The normalized spacial score (nSPS) is 14.2. The van der Waals surface area contributed by atoms with Gasteiger partial charge in [0.2, 0.25) is 0 Å². The second-order valence-corrected chi connectivity index (χ2v) is 6.60. The fraction of sp³-hybridized carbons (Fsp3) is 0.444. The van der Waals surface area contributed by atoms with Gasteiger partial charge in [-0.25, -0.2) is 0 Å². The topological polar surface area (TPSA) is 86.0 Å². The summed E-state index contributed by atoms with van der Waals surface area (Å²) >= 11 is 0. The lowest BCUT2D eigenvalue weighted by atomic mass is 9.81. The monoisotopic (exact) mass is 342 g/mol. The number of aromatic nitrogens is 3. The summed E-state index contributed by atoms with van der Waals surface area (Å²) in [4.78, 5) is 37.2. The number of hydrogen-bond donors (Lipinski definition) is 1. The Morgan fingerprint density at radius 1 is 1.32 bits per heavy atom. The maximum absolute atomic E-state index is 12.6. The fourth-order valence-electron chi connectivity index (χ4n) is 3.03. The van der Waals surface area contributed by atoms with Gasteiger partial charge in [0.05, 0.1) is 12.7 Å². The molecule has 0 spiro atoms. The van der Waals surface area contributed by atoms with Gasteiger partial charge in [0, 0.05) is 44.0 Å². The summed E-state index contributed by atoms with van der Waals surface area (Å²) < 4.78 is 3.06. The van der Waals surface area contributed by atoms with Crippen molar-refractivity contribution in [3.8, 4) is 0 Å². The summed E-state index contributed by atoms with van der Waals surface area (Å²) in [5, 5.41) is 6.55. The minimum Gasteiger partial charge on any atom is -0.355 e. The Hall–Kier alpha value is -2.70. The molecule has 7 heteroatoms. The van der Waals surface area contributed by atoms with Crippen molar-refractivity contribution in [2.24, 2.45) is 13.0 Å². The minimum atomic E-state index is -0.483. The molecule has 0 aromatic carbocycles. The van der Waals surface area contributed by atoms with E-state index >= 15 is 0 Å². The maximum atomic E-state index is 12.6. The van der Waals surface area contributed by atoms with Crippen LogP contribution in [0.1, 0.15) is 52.0 Å². The summed E-state index contributed by atoms with van der Waals surface area (Å²) in [6.07, 6.45) is 8.81. The van der Waals surface area contributed by atoms with Gasteiger partial charge in [-0.3, -0.25) is 19.1 Å². The Bertz CT molecular complexity index is 861. The first-order valence-corrected chi connectivity index (χ1v) is 8.45. The van der Waals surface area contributed by atoms with E-state index in [1.807, 2.05) is 0 Å². The molecule has 0 unspecified atom stereocenters. The SMILES string of the molecule is CNC(=O)c1cc(C(=O)CC2CCC2)cn(Cc2cnn(C)c2)c1=O. The molecular formula is C18H22N4O3. The Balaban J connectivity index is 1.96. The van der Waals surface area contributed by atoms with E-state index < -0.39 is 11.5 Å². The summed E-state index contributed by atoms with van der Waals surface area (Å²) in [6, 6.07) is 1.42. The second kappa shape index (κ2) is 7.04. The van der Waals surface area contributed by atoms with Crippen LogP contribution in [0.3, 0.4) is 0 Å². The van der Waals surface area contributed by atoms with Crippen LogP contribution >= 0.6 is 0 Å². The van der Waals surface area contributed by atoms with Crippen molar-refractivity contribution in [3.63, 3.8) is 0 Å². The maximum Gasteiger partial charge on any atom is 0.263 e. The van der Waals surface area contributed by atoms with Gasteiger partial charge >= 0.3 is 0 Å². The van der Waals surface area contributed by atoms with Crippen LogP contribution in [0.15, 0.2) is 29.5 Å². The first kappa shape index (κ1) is 17.1. The Kier molecular flexibility index (Phi) is 4.83. The number of ketones is 1. The van der Waals surface area contributed by atoms with Crippen LogP contribution in [0.2, 0.25) is 0 Å². The lowest BCUT2D eigenvalue weighted by molar-refractivity contribution is 0.0935. The number of carbonyl (C=O) groups excluding carboxylic acids is 2. The molecule has 132 valence electrons. The van der Waals surface area contributed by atoms with Gasteiger partial charge in [-0.1, -0.05) is 19.3 Å². The summed E-state index contributed by atoms with van der Waals surface area (Å²) in [5.41, 5.74) is 0.819. The number of pyridine rings is 1. The van der Waals surface area contributed by atoms with Gasteiger partial charge < -0.3 is 9.88 Å². The van der Waals surface area contributed by atoms with Crippen LogP contribution in [0.25, 0.3) is 0 Å². The van der Waals surface area contributed by atoms with Crippen molar-refractivity contribution >= 4 is 11.7 Å². The fourth-order valence-corrected chi connectivity index (χ4v) is 3.03. The van der Waals surface area contributed by atoms with Gasteiger partial charge in [-0.15, -0.1) is 0 Å². The molecule has 25 heavy (non-hydrogen) atoms. The molecule has 1 fully saturated rings. The predicted octanol–water partition coefficient (Wildman–Crippen LogP) is 1.36. The van der Waals surface area contributed by atoms with Crippen LogP contribution in [0, 0.1) is 5.92 Å². The highest BCUT2D eigenvalue weighted by molar-refractivity contribution is 6.00. The third kappa shape index (κ3) is 3.70. The molecule has 1 N–H and O–H groups in total. The van der Waals surface area contributed by atoms with E-state index in [0.29, 0.717) is 17.9 Å². The standard InChI is InChI=1S/C18H22N4O3/c1-19-17(24)15-7-14(16(23)6-12-4-3-5-12)11-22(18(15)25)10-13-8-20-21(2)9-13/h7-9,11-12H,3-6,10H2,1-2H3,(H,19,24). The molecule has 0 bridgehead atoms. The quantitative estimate of drug-likeness (QED) is 0.803. The first-order chi connectivity index (χ1) is 12.0. The van der Waals surface area contributed by atoms with E-state index in [1.54, 1.807) is 30.3 Å². The number of Topliss-reactive ketones (excluding diaryl/α,β-unsaturated/α-hetero) is 1. The number of amides is 1. The zero-order valence-electron chi connectivity index (χ0n) is 14.5. The van der Waals surface area contributed by atoms with E-state index in [9.17, 15) is 14.4 Å². The van der Waals surface area contributed by atoms with Crippen molar-refractivity contribution in [2.75, 3.05) is 7.05 Å². The van der Waals surface area contributed by atoms with E-state index in [1.165, 1.54) is 24.1 Å². The van der Waals surface area contributed by atoms with Crippen molar-refractivity contribution < 1.29 is 9.59 Å². The average molecular weight is 342 g/mol. The largest absolute Gasteiger partial charge is 0.355 e. The van der Waals surface area contributed by atoms with Crippen LogP contribution < -0.4 is 10.9 Å². The van der Waals surface area contributed by atoms with Crippen LogP contribution in [0.4, 0.5) is 0 Å². The van der Waals surface area contributed by atoms with E-state index in [4.69, 9.17) is 0 Å². The lowest BCUT2D eigenvalue weighted by Crippen LogP contribution is -2.32. The van der Waals surface area contributed by atoms with Gasteiger partial charge in [-0.2, -0.15) is 5.10 Å². The molecule has 1 amide bonds. The molecule has 0 aliphatic heterocycles. The molecule has 2 heterocycles. The molecule has 1 aliphatic carbocycles. The van der Waals surface area contributed by atoms with Crippen LogP contribution in [-0.4, -0.2) is 33.1 Å². The molecular weight excluding hydrogens is 320 g/mol. The molecule has 7 nitrogen and oxygen atoms in total. The number of aryl methyl sites for hydroxylation is 1. The van der Waals surface area contributed by atoms with E-state index in [0.717, 1.165) is 18.4 Å². The molecule has 3 rings (SSSR count). The Labute approximate surface area is 145 Å². The predicted molar refractivity (Wildman–Crippen MR) is 92.7 cm³/mol. The van der Waals surface area contributed by atoms with Crippen molar-refractivity contribution in [2.45, 2.75) is 32.2 Å². The highest BCUT2D eigenvalue weighted by Crippen LogP contribution is 2.30. The smallest absolute Gasteiger partial charge is 0.263 e. The zero-order chi connectivity index (χ0) is 18.0. The number of nitrogens with one attached hydrogen (secondary N) is 1. The van der Waals surface area contributed by atoms with E-state index in [2.05, 4.69) is 10.4 Å². The Morgan fingerprint density at radius 2 is 2.08 bits per heavy atom. The number of nitrogens with zero attached hydrogens (tertiary/aromatic N) is 3. The zero-order valence-corrected chi connectivity index (χ0v) is 14.5. The average Bonchev–Trinajstić information content (AvgIpc) is 2.96. The van der Waals surface area contributed by atoms with Crippen LogP contribution in [0.5, 0.6) is 0 Å². The number of carbonyl (C=O) groups is 2. The van der Waals surface area contributed by atoms with Gasteiger partial charge in [0.1, 0.15) is 5.56 Å². The highest BCUT2D eigenvalue weighted by atomic mass is 16.2. The minimum absolute atomic E-state index is 0.00847. The highest BCUT2D eigenvalue weighted by Gasteiger charge is 2.23. The molecule has 0 radical (unpaired) electrons. The van der Waals surface area contributed by atoms with Crippen molar-refractivity contribution in [3.05, 3.63) is 51.7 Å². The number of rotatable bonds is 6. The third-order valence-corrected chi connectivity index (χ3v) is 4.69. The summed E-state index contributed by atoms with van der Waals surface area (Å²) in [7, 11) is 3.26. The second-order valence-electron chi connectivity index (χ2n) is 6.60. The Morgan fingerprint density at radius 3 is 2.64 bits per heavy atom. The molecule has 0 atom stereocenters. The molecule has 1 saturated carbocycles.